The monoisotopic (exact) mass is 463 g/mol. The maximum absolute atomic E-state index is 5.47. The van der Waals surface area contributed by atoms with Crippen molar-refractivity contribution in [3.8, 4) is 22.9 Å². The first-order valence-electron chi connectivity index (χ1n) is 10.9. The molecule has 10 nitrogen and oxygen atoms in total. The van der Waals surface area contributed by atoms with E-state index in [4.69, 9.17) is 19.2 Å². The van der Waals surface area contributed by atoms with Crippen LogP contribution < -0.4 is 19.5 Å². The summed E-state index contributed by atoms with van der Waals surface area (Å²) in [6.45, 7) is 10.1. The lowest BCUT2D eigenvalue weighted by atomic mass is 10.2. The Morgan fingerprint density at radius 2 is 1.82 bits per heavy atom. The predicted octanol–water partition coefficient (Wildman–Crippen LogP) is 4.79. The van der Waals surface area contributed by atoms with Crippen LogP contribution in [0.15, 0.2) is 37.4 Å². The lowest BCUT2D eigenvalue weighted by Crippen LogP contribution is -2.08. The van der Waals surface area contributed by atoms with Gasteiger partial charge in [0.25, 0.3) is 0 Å². The topological polar surface area (TPSA) is 101 Å². The SMILES string of the molecule is C=C(C)c1nc(Nc2cn(-c3cc(OC)c(OC)c(OC)c3)cn2)c2cnn([C@H](C)CC)c2n1. The van der Waals surface area contributed by atoms with Gasteiger partial charge >= 0.3 is 0 Å². The van der Waals surface area contributed by atoms with Crippen LogP contribution in [0.2, 0.25) is 0 Å². The average molecular weight is 464 g/mol. The van der Waals surface area contributed by atoms with Gasteiger partial charge in [-0.05, 0) is 25.8 Å². The van der Waals surface area contributed by atoms with Gasteiger partial charge in [0.05, 0.1) is 50.8 Å². The number of hydrogen-bond acceptors (Lipinski definition) is 8. The third kappa shape index (κ3) is 4.14. The zero-order valence-electron chi connectivity index (χ0n) is 20.3. The molecule has 0 aliphatic rings. The number of ether oxygens (including phenoxy) is 3. The van der Waals surface area contributed by atoms with Crippen molar-refractivity contribution in [1.29, 1.82) is 0 Å². The van der Waals surface area contributed by atoms with E-state index in [0.29, 0.717) is 34.7 Å². The molecule has 3 heterocycles. The van der Waals surface area contributed by atoms with E-state index in [-0.39, 0.29) is 6.04 Å². The van der Waals surface area contributed by atoms with Crippen molar-refractivity contribution in [3.63, 3.8) is 0 Å². The van der Waals surface area contributed by atoms with Gasteiger partial charge in [-0.3, -0.25) is 0 Å². The zero-order valence-corrected chi connectivity index (χ0v) is 20.3. The van der Waals surface area contributed by atoms with E-state index >= 15 is 0 Å². The standard InChI is InChI=1S/C24H29N7O3/c1-8-15(4)31-24-17(11-26-31)23(28-22(29-24)14(2)3)27-20-12-30(13-25-20)16-9-18(32-5)21(34-7)19(10-16)33-6/h9-13,15H,2,8H2,1,3-7H3,(H,27,28,29)/t15-/m1/s1. The Morgan fingerprint density at radius 1 is 1.12 bits per heavy atom. The van der Waals surface area contributed by atoms with E-state index < -0.39 is 0 Å². The van der Waals surface area contributed by atoms with Gasteiger partial charge in [-0.15, -0.1) is 0 Å². The summed E-state index contributed by atoms with van der Waals surface area (Å²) < 4.78 is 20.1. The first-order valence-corrected chi connectivity index (χ1v) is 10.9. The molecule has 0 amide bonds. The molecule has 0 radical (unpaired) electrons. The highest BCUT2D eigenvalue weighted by atomic mass is 16.5. The Hall–Kier alpha value is -4.08. The molecule has 34 heavy (non-hydrogen) atoms. The normalized spacial score (nSPS) is 11.9. The highest BCUT2D eigenvalue weighted by molar-refractivity contribution is 5.89. The van der Waals surface area contributed by atoms with Gasteiger partial charge in [-0.1, -0.05) is 13.5 Å². The first-order chi connectivity index (χ1) is 16.4. The minimum Gasteiger partial charge on any atom is -0.493 e. The molecule has 0 bridgehead atoms. The molecule has 178 valence electrons. The fourth-order valence-electron chi connectivity index (χ4n) is 3.57. The summed E-state index contributed by atoms with van der Waals surface area (Å²) in [4.78, 5) is 13.9. The number of nitrogens with one attached hydrogen (secondary N) is 1. The molecule has 0 fully saturated rings. The Morgan fingerprint density at radius 3 is 2.41 bits per heavy atom. The van der Waals surface area contributed by atoms with Crippen molar-refractivity contribution in [2.24, 2.45) is 0 Å². The molecular formula is C24H29N7O3. The Labute approximate surface area is 198 Å². The molecular weight excluding hydrogens is 434 g/mol. The van der Waals surface area contributed by atoms with E-state index in [0.717, 1.165) is 28.7 Å². The predicted molar refractivity (Wildman–Crippen MR) is 132 cm³/mol. The van der Waals surface area contributed by atoms with Crippen molar-refractivity contribution in [1.82, 2.24) is 29.3 Å². The average Bonchev–Trinajstić information content (AvgIpc) is 3.49. The molecule has 3 aromatic heterocycles. The van der Waals surface area contributed by atoms with Crippen molar-refractivity contribution in [2.75, 3.05) is 26.6 Å². The lowest BCUT2D eigenvalue weighted by molar-refractivity contribution is 0.324. The van der Waals surface area contributed by atoms with Crippen molar-refractivity contribution < 1.29 is 14.2 Å². The van der Waals surface area contributed by atoms with Gasteiger partial charge in [0.1, 0.15) is 18.0 Å². The second-order valence-electron chi connectivity index (χ2n) is 7.93. The number of rotatable bonds is 9. The maximum atomic E-state index is 5.47. The van der Waals surface area contributed by atoms with Crippen LogP contribution in [-0.2, 0) is 0 Å². The van der Waals surface area contributed by atoms with Crippen LogP contribution in [0.3, 0.4) is 0 Å². The zero-order chi connectivity index (χ0) is 24.4. The number of benzene rings is 1. The quantitative estimate of drug-likeness (QED) is 0.378. The minimum atomic E-state index is 0.206. The highest BCUT2D eigenvalue weighted by Crippen LogP contribution is 2.39. The van der Waals surface area contributed by atoms with Crippen LogP contribution in [0.4, 0.5) is 11.6 Å². The van der Waals surface area contributed by atoms with Crippen LogP contribution in [0.5, 0.6) is 17.2 Å². The summed E-state index contributed by atoms with van der Waals surface area (Å²) in [5, 5.41) is 8.69. The summed E-state index contributed by atoms with van der Waals surface area (Å²) in [5.41, 5.74) is 2.33. The summed E-state index contributed by atoms with van der Waals surface area (Å²) in [5.74, 6) is 3.43. The number of aromatic nitrogens is 6. The fraction of sp³-hybridized carbons (Fsp3) is 0.333. The highest BCUT2D eigenvalue weighted by Gasteiger charge is 2.18. The fourth-order valence-corrected chi connectivity index (χ4v) is 3.57. The summed E-state index contributed by atoms with van der Waals surface area (Å²) in [6.07, 6.45) is 6.27. The van der Waals surface area contributed by atoms with Crippen LogP contribution in [0, 0.1) is 0 Å². The number of hydrogen-bond donors (Lipinski definition) is 1. The third-order valence-corrected chi connectivity index (χ3v) is 5.62. The number of fused-ring (bicyclic) bond motifs is 1. The Kier molecular flexibility index (Phi) is 6.40. The first kappa shape index (κ1) is 23.1. The molecule has 0 unspecified atom stereocenters. The molecule has 1 aromatic carbocycles. The molecule has 10 heteroatoms. The second kappa shape index (κ2) is 9.42. The van der Waals surface area contributed by atoms with Crippen molar-refractivity contribution >= 4 is 28.2 Å². The van der Waals surface area contributed by atoms with E-state index in [1.54, 1.807) is 33.9 Å². The molecule has 0 spiro atoms. The van der Waals surface area contributed by atoms with Crippen LogP contribution in [-0.4, -0.2) is 50.6 Å². The van der Waals surface area contributed by atoms with E-state index in [1.165, 1.54) is 0 Å². The maximum Gasteiger partial charge on any atom is 0.203 e. The number of nitrogens with zero attached hydrogens (tertiary/aromatic N) is 6. The smallest absolute Gasteiger partial charge is 0.203 e. The van der Waals surface area contributed by atoms with Gasteiger partial charge in [0, 0.05) is 12.1 Å². The molecule has 0 aliphatic heterocycles. The summed E-state index contributed by atoms with van der Waals surface area (Å²) in [6, 6.07) is 3.91. The molecule has 4 aromatic rings. The summed E-state index contributed by atoms with van der Waals surface area (Å²) in [7, 11) is 4.74. The molecule has 4 rings (SSSR count). The summed E-state index contributed by atoms with van der Waals surface area (Å²) >= 11 is 0. The minimum absolute atomic E-state index is 0.206. The van der Waals surface area contributed by atoms with Gasteiger partial charge < -0.3 is 24.1 Å². The van der Waals surface area contributed by atoms with Gasteiger partial charge in [0.2, 0.25) is 5.75 Å². The molecule has 0 saturated heterocycles. The molecule has 1 N–H and O–H groups in total. The molecule has 0 saturated carbocycles. The van der Waals surface area contributed by atoms with Gasteiger partial charge in [-0.2, -0.15) is 5.10 Å². The van der Waals surface area contributed by atoms with E-state index in [9.17, 15) is 0 Å². The van der Waals surface area contributed by atoms with Crippen LogP contribution >= 0.6 is 0 Å². The third-order valence-electron chi connectivity index (χ3n) is 5.62. The Balaban J connectivity index is 1.73. The lowest BCUT2D eigenvalue weighted by Gasteiger charge is -2.14. The number of allylic oxidation sites excluding steroid dienone is 1. The largest absolute Gasteiger partial charge is 0.493 e. The van der Waals surface area contributed by atoms with E-state index in [1.807, 2.05) is 34.5 Å². The van der Waals surface area contributed by atoms with Crippen LogP contribution in [0.25, 0.3) is 22.3 Å². The molecule has 0 aliphatic carbocycles. The number of methoxy groups -OCH3 is 3. The van der Waals surface area contributed by atoms with Crippen molar-refractivity contribution in [2.45, 2.75) is 33.2 Å². The van der Waals surface area contributed by atoms with Crippen LogP contribution in [0.1, 0.15) is 39.1 Å². The van der Waals surface area contributed by atoms with Gasteiger partial charge in [-0.25, -0.2) is 19.6 Å². The Bertz CT molecular complexity index is 1320. The molecule has 1 atom stereocenters. The van der Waals surface area contributed by atoms with Crippen molar-refractivity contribution in [3.05, 3.63) is 43.3 Å². The number of anilines is 2. The number of imidazole rings is 1. The van der Waals surface area contributed by atoms with E-state index in [2.05, 4.69) is 40.8 Å². The van der Waals surface area contributed by atoms with Gasteiger partial charge in [0.15, 0.2) is 23.0 Å². The second-order valence-corrected chi connectivity index (χ2v) is 7.93.